The van der Waals surface area contributed by atoms with E-state index in [1.165, 1.54) is 0 Å². The summed E-state index contributed by atoms with van der Waals surface area (Å²) in [4.78, 5) is 14.1. The molecular weight excluding hydrogens is 332 g/mol. The molecule has 0 fully saturated rings. The van der Waals surface area contributed by atoms with Crippen molar-refractivity contribution in [3.63, 3.8) is 0 Å². The highest BCUT2D eigenvalue weighted by molar-refractivity contribution is 5.92. The number of carbonyl (C=O) groups excluding carboxylic acids is 1. The summed E-state index contributed by atoms with van der Waals surface area (Å²) < 4.78 is 10.9. The van der Waals surface area contributed by atoms with E-state index in [1.54, 1.807) is 18.0 Å². The smallest absolute Gasteiger partial charge is 0.274 e. The summed E-state index contributed by atoms with van der Waals surface area (Å²) >= 11 is 0. The first-order valence-corrected chi connectivity index (χ1v) is 8.46. The van der Waals surface area contributed by atoms with E-state index in [9.17, 15) is 4.79 Å². The molecule has 0 saturated carbocycles. The van der Waals surface area contributed by atoms with E-state index in [2.05, 4.69) is 15.4 Å². The van der Waals surface area contributed by atoms with Crippen molar-refractivity contribution in [2.75, 3.05) is 7.05 Å². The number of ether oxygens (including phenoxy) is 1. The fraction of sp³-hybridized carbons (Fsp3) is 0.316. The molecule has 0 aliphatic rings. The van der Waals surface area contributed by atoms with Gasteiger partial charge in [0.1, 0.15) is 23.8 Å². The molecule has 0 radical (unpaired) electrons. The van der Waals surface area contributed by atoms with Gasteiger partial charge in [-0.3, -0.25) is 9.89 Å². The Labute approximate surface area is 151 Å². The average molecular weight is 354 g/mol. The number of hydrogen-bond donors (Lipinski definition) is 1. The van der Waals surface area contributed by atoms with Crippen molar-refractivity contribution in [2.24, 2.45) is 0 Å². The standard InChI is InChI=1S/C19H22N4O3/c1-13(2)18-10-14(22-26-18)11-23(3)19(24)17-9-15(20-21-17)12-25-16-7-5-4-6-8-16/h4-10,13H,11-12H2,1-3H3,(H,20,21). The SMILES string of the molecule is CC(C)c1cc(CN(C)C(=O)c2cc(COc3ccccc3)[nH]n2)no1. The minimum Gasteiger partial charge on any atom is -0.487 e. The average Bonchev–Trinajstić information content (AvgIpc) is 3.30. The zero-order chi connectivity index (χ0) is 18.5. The molecule has 1 amide bonds. The summed E-state index contributed by atoms with van der Waals surface area (Å²) in [6.45, 7) is 4.73. The molecule has 136 valence electrons. The van der Waals surface area contributed by atoms with Crippen molar-refractivity contribution in [3.05, 3.63) is 65.3 Å². The molecule has 2 heterocycles. The first-order chi connectivity index (χ1) is 12.5. The lowest BCUT2D eigenvalue weighted by molar-refractivity contribution is 0.0776. The number of aromatic amines is 1. The maximum absolute atomic E-state index is 12.5. The highest BCUT2D eigenvalue weighted by Crippen LogP contribution is 2.16. The summed E-state index contributed by atoms with van der Waals surface area (Å²) in [5.74, 6) is 1.64. The maximum atomic E-state index is 12.5. The molecule has 0 spiro atoms. The van der Waals surface area contributed by atoms with Crippen LogP contribution in [0.1, 0.15) is 47.4 Å². The van der Waals surface area contributed by atoms with Gasteiger partial charge in [-0.1, -0.05) is 37.2 Å². The van der Waals surface area contributed by atoms with Gasteiger partial charge in [0.15, 0.2) is 5.69 Å². The molecule has 0 saturated heterocycles. The predicted octanol–water partition coefficient (Wildman–Crippen LogP) is 3.37. The number of hydrogen-bond acceptors (Lipinski definition) is 5. The monoisotopic (exact) mass is 354 g/mol. The van der Waals surface area contributed by atoms with Crippen LogP contribution in [0.15, 0.2) is 47.0 Å². The number of amides is 1. The summed E-state index contributed by atoms with van der Waals surface area (Å²) in [7, 11) is 1.71. The topological polar surface area (TPSA) is 84.2 Å². The highest BCUT2D eigenvalue weighted by Gasteiger charge is 2.18. The zero-order valence-corrected chi connectivity index (χ0v) is 15.1. The molecule has 3 aromatic rings. The minimum atomic E-state index is -0.193. The van der Waals surface area contributed by atoms with Gasteiger partial charge in [-0.2, -0.15) is 5.10 Å². The number of nitrogens with zero attached hydrogens (tertiary/aromatic N) is 3. The number of aromatic nitrogens is 3. The number of benzene rings is 1. The summed E-state index contributed by atoms with van der Waals surface area (Å²) in [6, 6.07) is 13.1. The Morgan fingerprint density at radius 2 is 2.04 bits per heavy atom. The lowest BCUT2D eigenvalue weighted by Gasteiger charge is -2.13. The predicted molar refractivity (Wildman–Crippen MR) is 95.8 cm³/mol. The third-order valence-electron chi connectivity index (χ3n) is 3.88. The van der Waals surface area contributed by atoms with E-state index in [0.29, 0.717) is 24.5 Å². The van der Waals surface area contributed by atoms with Gasteiger partial charge in [0.25, 0.3) is 5.91 Å². The normalized spacial score (nSPS) is 10.9. The number of carbonyl (C=O) groups is 1. The van der Waals surface area contributed by atoms with Crippen molar-refractivity contribution in [1.82, 2.24) is 20.3 Å². The van der Waals surface area contributed by atoms with E-state index in [1.807, 2.05) is 50.2 Å². The molecule has 2 aromatic heterocycles. The van der Waals surface area contributed by atoms with Gasteiger partial charge < -0.3 is 14.2 Å². The van der Waals surface area contributed by atoms with Crippen LogP contribution in [0.5, 0.6) is 5.75 Å². The van der Waals surface area contributed by atoms with Crippen LogP contribution in [0.25, 0.3) is 0 Å². The van der Waals surface area contributed by atoms with Crippen LogP contribution in [-0.4, -0.2) is 33.2 Å². The molecule has 1 aromatic carbocycles. The largest absolute Gasteiger partial charge is 0.487 e. The van der Waals surface area contributed by atoms with Gasteiger partial charge in [-0.05, 0) is 18.2 Å². The number of rotatable bonds is 7. The summed E-state index contributed by atoms with van der Waals surface area (Å²) in [5, 5.41) is 10.9. The van der Waals surface area contributed by atoms with Crippen LogP contribution in [0.3, 0.4) is 0 Å². The second kappa shape index (κ2) is 7.86. The number of H-pyrrole nitrogens is 1. The van der Waals surface area contributed by atoms with Crippen molar-refractivity contribution in [3.8, 4) is 5.75 Å². The highest BCUT2D eigenvalue weighted by atomic mass is 16.5. The zero-order valence-electron chi connectivity index (χ0n) is 15.1. The quantitative estimate of drug-likeness (QED) is 0.703. The van der Waals surface area contributed by atoms with E-state index in [4.69, 9.17) is 9.26 Å². The van der Waals surface area contributed by atoms with Gasteiger partial charge in [0.2, 0.25) is 0 Å². The second-order valence-electron chi connectivity index (χ2n) is 6.42. The van der Waals surface area contributed by atoms with Crippen molar-refractivity contribution < 1.29 is 14.1 Å². The molecule has 0 bridgehead atoms. The minimum absolute atomic E-state index is 0.193. The molecule has 0 unspecified atom stereocenters. The molecule has 7 heteroatoms. The second-order valence-corrected chi connectivity index (χ2v) is 6.42. The molecule has 26 heavy (non-hydrogen) atoms. The van der Waals surface area contributed by atoms with E-state index in [0.717, 1.165) is 17.2 Å². The molecule has 7 nitrogen and oxygen atoms in total. The first kappa shape index (κ1) is 17.7. The van der Waals surface area contributed by atoms with E-state index in [-0.39, 0.29) is 11.8 Å². The maximum Gasteiger partial charge on any atom is 0.274 e. The Bertz CT molecular complexity index is 855. The van der Waals surface area contributed by atoms with Crippen LogP contribution in [0.2, 0.25) is 0 Å². The van der Waals surface area contributed by atoms with Gasteiger partial charge in [-0.15, -0.1) is 0 Å². The molecule has 0 aliphatic heterocycles. The van der Waals surface area contributed by atoms with Gasteiger partial charge in [-0.25, -0.2) is 0 Å². The third-order valence-corrected chi connectivity index (χ3v) is 3.88. The first-order valence-electron chi connectivity index (χ1n) is 8.46. The summed E-state index contributed by atoms with van der Waals surface area (Å²) in [6.07, 6.45) is 0. The fourth-order valence-corrected chi connectivity index (χ4v) is 2.41. The van der Waals surface area contributed by atoms with Crippen LogP contribution in [0.4, 0.5) is 0 Å². The van der Waals surface area contributed by atoms with Crippen molar-refractivity contribution in [2.45, 2.75) is 32.9 Å². The lowest BCUT2D eigenvalue weighted by Crippen LogP contribution is -2.26. The molecule has 0 atom stereocenters. The molecular formula is C19H22N4O3. The Morgan fingerprint density at radius 1 is 1.27 bits per heavy atom. The summed E-state index contributed by atoms with van der Waals surface area (Å²) in [5.41, 5.74) is 1.79. The van der Waals surface area contributed by atoms with Gasteiger partial charge in [0.05, 0.1) is 12.2 Å². The van der Waals surface area contributed by atoms with Crippen molar-refractivity contribution in [1.29, 1.82) is 0 Å². The van der Waals surface area contributed by atoms with Gasteiger partial charge >= 0.3 is 0 Å². The molecule has 3 rings (SSSR count). The Hall–Kier alpha value is -3.09. The van der Waals surface area contributed by atoms with E-state index < -0.39 is 0 Å². The number of para-hydroxylation sites is 1. The molecule has 0 aliphatic carbocycles. The third kappa shape index (κ3) is 4.30. The van der Waals surface area contributed by atoms with Crippen LogP contribution < -0.4 is 4.74 Å². The van der Waals surface area contributed by atoms with Gasteiger partial charge in [0, 0.05) is 19.0 Å². The van der Waals surface area contributed by atoms with Crippen LogP contribution in [-0.2, 0) is 13.2 Å². The number of nitrogens with one attached hydrogen (secondary N) is 1. The van der Waals surface area contributed by atoms with E-state index >= 15 is 0 Å². The Morgan fingerprint density at radius 3 is 2.73 bits per heavy atom. The van der Waals surface area contributed by atoms with Crippen LogP contribution >= 0.6 is 0 Å². The van der Waals surface area contributed by atoms with Crippen LogP contribution in [0, 0.1) is 0 Å². The molecule has 1 N–H and O–H groups in total. The fourth-order valence-electron chi connectivity index (χ4n) is 2.41. The lowest BCUT2D eigenvalue weighted by atomic mass is 10.1. The van der Waals surface area contributed by atoms with Crippen molar-refractivity contribution >= 4 is 5.91 Å². The Balaban J connectivity index is 1.57. The Kier molecular flexibility index (Phi) is 5.36.